The Bertz CT molecular complexity index is 735. The molecule has 3 fully saturated rings. The predicted octanol–water partition coefficient (Wildman–Crippen LogP) is 1.30. The van der Waals surface area contributed by atoms with Gasteiger partial charge in [0, 0.05) is 45.4 Å². The quantitative estimate of drug-likeness (QED) is 0.847. The Balaban J connectivity index is 1.57. The van der Waals surface area contributed by atoms with E-state index in [2.05, 4.69) is 5.32 Å². The van der Waals surface area contributed by atoms with Crippen molar-refractivity contribution in [2.45, 2.75) is 37.1 Å². The van der Waals surface area contributed by atoms with Gasteiger partial charge in [-0.3, -0.25) is 9.59 Å². The van der Waals surface area contributed by atoms with Gasteiger partial charge in [0.1, 0.15) is 5.82 Å². The molecule has 0 spiro atoms. The molecule has 0 aliphatic carbocycles. The van der Waals surface area contributed by atoms with Gasteiger partial charge in [0.05, 0.1) is 12.0 Å². The molecule has 28 heavy (non-hydrogen) atoms. The average Bonchev–Trinajstić information content (AvgIpc) is 2.74. The maximum absolute atomic E-state index is 13.9. The summed E-state index contributed by atoms with van der Waals surface area (Å²) < 4.78 is 19.5. The van der Waals surface area contributed by atoms with Crippen molar-refractivity contribution < 1.29 is 18.7 Å². The summed E-state index contributed by atoms with van der Waals surface area (Å²) in [5.74, 6) is -0.163. The number of piperazine rings is 1. The van der Waals surface area contributed by atoms with Gasteiger partial charge in [0.2, 0.25) is 11.8 Å². The molecule has 0 bridgehead atoms. The third-order valence-electron chi connectivity index (χ3n) is 6.38. The second-order valence-corrected chi connectivity index (χ2v) is 8.02. The van der Waals surface area contributed by atoms with Crippen molar-refractivity contribution in [1.29, 1.82) is 0 Å². The van der Waals surface area contributed by atoms with Crippen molar-refractivity contribution >= 4 is 11.8 Å². The largest absolute Gasteiger partial charge is 0.381 e. The van der Waals surface area contributed by atoms with E-state index in [1.54, 1.807) is 6.07 Å². The van der Waals surface area contributed by atoms with Crippen LogP contribution in [0, 0.1) is 5.82 Å². The van der Waals surface area contributed by atoms with Crippen LogP contribution in [0.15, 0.2) is 24.3 Å². The normalized spacial score (nSPS) is 25.6. The molecule has 3 heterocycles. The molecule has 3 saturated heterocycles. The third-order valence-corrected chi connectivity index (χ3v) is 6.38. The van der Waals surface area contributed by atoms with E-state index in [1.807, 2.05) is 15.9 Å². The number of hydrogen-bond donors (Lipinski definition) is 1. The predicted molar refractivity (Wildman–Crippen MR) is 102 cm³/mol. The monoisotopic (exact) mass is 389 g/mol. The highest BCUT2D eigenvalue weighted by molar-refractivity contribution is 5.88. The van der Waals surface area contributed by atoms with E-state index in [4.69, 9.17) is 4.74 Å². The summed E-state index contributed by atoms with van der Waals surface area (Å²) in [4.78, 5) is 29.9. The molecule has 7 heteroatoms. The third kappa shape index (κ3) is 3.65. The van der Waals surface area contributed by atoms with Gasteiger partial charge in [-0.2, -0.15) is 0 Å². The number of carbonyl (C=O) groups is 2. The van der Waals surface area contributed by atoms with Crippen molar-refractivity contribution in [3.05, 3.63) is 35.6 Å². The summed E-state index contributed by atoms with van der Waals surface area (Å²) in [6.07, 6.45) is 2.92. The van der Waals surface area contributed by atoms with Crippen molar-refractivity contribution in [3.8, 4) is 0 Å². The number of rotatable bonds is 3. The number of benzene rings is 1. The van der Waals surface area contributed by atoms with Gasteiger partial charge in [0.25, 0.3) is 0 Å². The molecule has 4 rings (SSSR count). The number of nitrogens with zero attached hydrogens (tertiary/aromatic N) is 2. The van der Waals surface area contributed by atoms with E-state index >= 15 is 0 Å². The van der Waals surface area contributed by atoms with Gasteiger partial charge >= 0.3 is 0 Å². The number of ether oxygens (including phenoxy) is 1. The van der Waals surface area contributed by atoms with Gasteiger partial charge < -0.3 is 19.9 Å². The molecular weight excluding hydrogens is 361 g/mol. The molecule has 0 radical (unpaired) electrons. The fourth-order valence-corrected chi connectivity index (χ4v) is 4.84. The lowest BCUT2D eigenvalue weighted by atomic mass is 9.72. The molecule has 1 unspecified atom stereocenters. The SMILES string of the molecule is O=C1CNCCN1C1CCCN(C(=O)C2(c3cccc(F)c3)CCOCC2)C1. The highest BCUT2D eigenvalue weighted by Crippen LogP contribution is 2.38. The minimum absolute atomic E-state index is 0.0497. The van der Waals surface area contributed by atoms with Crippen LogP contribution in [0.1, 0.15) is 31.2 Å². The van der Waals surface area contributed by atoms with Crippen LogP contribution in [0.25, 0.3) is 0 Å². The standard InChI is InChI=1S/C21H28FN3O3/c22-17-4-1-3-16(13-17)21(6-11-28-12-7-21)20(27)24-9-2-5-18(15-24)25-10-8-23-14-19(25)26/h1,3-4,13,18,23H,2,5-12,14-15H2. The number of amides is 2. The summed E-state index contributed by atoms with van der Waals surface area (Å²) in [7, 11) is 0. The van der Waals surface area contributed by atoms with Crippen molar-refractivity contribution in [2.75, 3.05) is 45.9 Å². The minimum atomic E-state index is -0.740. The Hall–Kier alpha value is -1.99. The number of carbonyl (C=O) groups excluding carboxylic acids is 2. The number of likely N-dealkylation sites (tertiary alicyclic amines) is 1. The maximum Gasteiger partial charge on any atom is 0.236 e. The lowest BCUT2D eigenvalue weighted by Gasteiger charge is -2.45. The molecule has 1 N–H and O–H groups in total. The van der Waals surface area contributed by atoms with Crippen molar-refractivity contribution in [2.24, 2.45) is 0 Å². The fourth-order valence-electron chi connectivity index (χ4n) is 4.84. The van der Waals surface area contributed by atoms with Crippen LogP contribution in [0.2, 0.25) is 0 Å². The second kappa shape index (κ2) is 8.17. The zero-order chi connectivity index (χ0) is 19.6. The molecule has 1 aromatic carbocycles. The maximum atomic E-state index is 13.9. The van der Waals surface area contributed by atoms with Crippen LogP contribution in [0.3, 0.4) is 0 Å². The minimum Gasteiger partial charge on any atom is -0.381 e. The van der Waals surface area contributed by atoms with E-state index in [-0.39, 0.29) is 23.7 Å². The molecule has 3 aliphatic rings. The topological polar surface area (TPSA) is 61.9 Å². The Morgan fingerprint density at radius 3 is 2.82 bits per heavy atom. The summed E-state index contributed by atoms with van der Waals surface area (Å²) in [6, 6.07) is 6.50. The zero-order valence-electron chi connectivity index (χ0n) is 16.2. The number of nitrogens with one attached hydrogen (secondary N) is 1. The van der Waals surface area contributed by atoms with Crippen molar-refractivity contribution in [3.63, 3.8) is 0 Å². The highest BCUT2D eigenvalue weighted by atomic mass is 19.1. The van der Waals surface area contributed by atoms with Crippen molar-refractivity contribution in [1.82, 2.24) is 15.1 Å². The zero-order valence-corrected chi connectivity index (χ0v) is 16.2. The number of piperidine rings is 1. The van der Waals surface area contributed by atoms with E-state index in [0.717, 1.165) is 24.9 Å². The first kappa shape index (κ1) is 19.3. The van der Waals surface area contributed by atoms with E-state index in [9.17, 15) is 14.0 Å². The highest BCUT2D eigenvalue weighted by Gasteiger charge is 2.45. The number of halogens is 1. The Morgan fingerprint density at radius 2 is 2.07 bits per heavy atom. The van der Waals surface area contributed by atoms with E-state index in [0.29, 0.717) is 52.2 Å². The first-order valence-corrected chi connectivity index (χ1v) is 10.2. The molecule has 0 aromatic heterocycles. The first-order valence-electron chi connectivity index (χ1n) is 10.2. The van der Waals surface area contributed by atoms with Crippen LogP contribution in [-0.2, 0) is 19.7 Å². The molecule has 152 valence electrons. The smallest absolute Gasteiger partial charge is 0.236 e. The molecule has 1 aromatic rings. The van der Waals surface area contributed by atoms with Crippen LogP contribution in [0.5, 0.6) is 0 Å². The van der Waals surface area contributed by atoms with Gasteiger partial charge in [-0.05, 0) is 43.4 Å². The summed E-state index contributed by atoms with van der Waals surface area (Å²) in [5, 5.41) is 3.10. The van der Waals surface area contributed by atoms with Crippen LogP contribution in [0.4, 0.5) is 4.39 Å². The Labute approximate surface area is 165 Å². The number of hydrogen-bond acceptors (Lipinski definition) is 4. The van der Waals surface area contributed by atoms with E-state index in [1.165, 1.54) is 12.1 Å². The van der Waals surface area contributed by atoms with E-state index < -0.39 is 5.41 Å². The summed E-state index contributed by atoms with van der Waals surface area (Å²) in [5.41, 5.74) is -0.00318. The molecule has 0 saturated carbocycles. The molecule has 2 amide bonds. The van der Waals surface area contributed by atoms with Gasteiger partial charge in [-0.25, -0.2) is 4.39 Å². The molecule has 6 nitrogen and oxygen atoms in total. The molecule has 3 aliphatic heterocycles. The fraction of sp³-hybridized carbons (Fsp3) is 0.619. The summed E-state index contributed by atoms with van der Waals surface area (Å²) in [6.45, 7) is 4.09. The van der Waals surface area contributed by atoms with Crippen LogP contribution >= 0.6 is 0 Å². The van der Waals surface area contributed by atoms with Crippen LogP contribution in [-0.4, -0.2) is 73.6 Å². The summed E-state index contributed by atoms with van der Waals surface area (Å²) >= 11 is 0. The second-order valence-electron chi connectivity index (χ2n) is 8.02. The lowest BCUT2D eigenvalue weighted by Crippen LogP contribution is -2.59. The van der Waals surface area contributed by atoms with Crippen LogP contribution < -0.4 is 5.32 Å². The van der Waals surface area contributed by atoms with Gasteiger partial charge in [-0.15, -0.1) is 0 Å². The Morgan fingerprint density at radius 1 is 1.25 bits per heavy atom. The Kier molecular flexibility index (Phi) is 5.64. The molecule has 1 atom stereocenters. The molecular formula is C21H28FN3O3. The first-order chi connectivity index (χ1) is 13.6. The average molecular weight is 389 g/mol. The lowest BCUT2D eigenvalue weighted by molar-refractivity contribution is -0.146. The van der Waals surface area contributed by atoms with Gasteiger partial charge in [0.15, 0.2) is 0 Å². The van der Waals surface area contributed by atoms with Gasteiger partial charge in [-0.1, -0.05) is 12.1 Å².